The van der Waals surface area contributed by atoms with Crippen molar-refractivity contribution in [1.29, 1.82) is 0 Å². The number of piperidine rings is 1. The molecule has 2 saturated heterocycles. The van der Waals surface area contributed by atoms with E-state index in [0.717, 1.165) is 58.8 Å². The molecule has 0 radical (unpaired) electrons. The Bertz CT molecular complexity index is 481. The van der Waals surface area contributed by atoms with Crippen LogP contribution in [0.2, 0.25) is 0 Å². The second-order valence-electron chi connectivity index (χ2n) is 7.00. The number of rotatable bonds is 5. The van der Waals surface area contributed by atoms with E-state index in [1.165, 1.54) is 6.42 Å². The number of carbonyl (C=O) groups is 1. The fourth-order valence-electron chi connectivity index (χ4n) is 3.62. The van der Waals surface area contributed by atoms with E-state index in [4.69, 9.17) is 0 Å². The van der Waals surface area contributed by atoms with E-state index in [1.807, 2.05) is 18.7 Å². The molecule has 6 nitrogen and oxygen atoms in total. The molecule has 2 aliphatic heterocycles. The lowest BCUT2D eigenvalue weighted by molar-refractivity contribution is -0.133. The lowest BCUT2D eigenvalue weighted by Crippen LogP contribution is -2.46. The standard InChI is InChI=1S/C17H29N5O/c1-19-9-11-20(12-10-19)7-4-17(23)22-6-2-3-16(14-22)13-21-8-5-18-15-21/h5,8,15-16H,2-4,6-7,9-14H2,1H3/t16-/m1/s1. The van der Waals surface area contributed by atoms with Gasteiger partial charge in [-0.05, 0) is 25.8 Å². The highest BCUT2D eigenvalue weighted by atomic mass is 16.2. The fourth-order valence-corrected chi connectivity index (χ4v) is 3.62. The van der Waals surface area contributed by atoms with Crippen molar-refractivity contribution in [3.63, 3.8) is 0 Å². The maximum Gasteiger partial charge on any atom is 0.223 e. The van der Waals surface area contributed by atoms with Gasteiger partial charge in [0.25, 0.3) is 0 Å². The fraction of sp³-hybridized carbons (Fsp3) is 0.765. The molecule has 1 atom stereocenters. The summed E-state index contributed by atoms with van der Waals surface area (Å²) < 4.78 is 2.13. The number of likely N-dealkylation sites (tertiary alicyclic amines) is 1. The van der Waals surface area contributed by atoms with Crippen molar-refractivity contribution in [3.8, 4) is 0 Å². The first-order valence-electron chi connectivity index (χ1n) is 8.85. The average Bonchev–Trinajstić information content (AvgIpc) is 3.07. The van der Waals surface area contributed by atoms with Gasteiger partial charge in [-0.15, -0.1) is 0 Å². The maximum atomic E-state index is 12.5. The van der Waals surface area contributed by atoms with Crippen molar-refractivity contribution >= 4 is 5.91 Å². The summed E-state index contributed by atoms with van der Waals surface area (Å²) in [7, 11) is 2.16. The zero-order valence-corrected chi connectivity index (χ0v) is 14.2. The molecule has 6 heteroatoms. The van der Waals surface area contributed by atoms with Crippen molar-refractivity contribution in [2.45, 2.75) is 25.8 Å². The summed E-state index contributed by atoms with van der Waals surface area (Å²) in [6, 6.07) is 0. The van der Waals surface area contributed by atoms with Gasteiger partial charge in [-0.25, -0.2) is 4.98 Å². The Hall–Kier alpha value is -1.40. The minimum atomic E-state index is 0.333. The van der Waals surface area contributed by atoms with Crippen LogP contribution in [0.1, 0.15) is 19.3 Å². The molecule has 1 aromatic heterocycles. The van der Waals surface area contributed by atoms with Gasteiger partial charge in [-0.3, -0.25) is 4.79 Å². The summed E-state index contributed by atoms with van der Waals surface area (Å²) >= 11 is 0. The van der Waals surface area contributed by atoms with Crippen LogP contribution >= 0.6 is 0 Å². The van der Waals surface area contributed by atoms with Gasteiger partial charge >= 0.3 is 0 Å². The van der Waals surface area contributed by atoms with Crippen molar-refractivity contribution in [2.24, 2.45) is 5.92 Å². The second kappa shape index (κ2) is 7.93. The monoisotopic (exact) mass is 319 g/mol. The third kappa shape index (κ3) is 4.78. The first-order chi connectivity index (χ1) is 11.2. The third-order valence-corrected chi connectivity index (χ3v) is 5.14. The predicted octanol–water partition coefficient (Wildman–Crippen LogP) is 0.759. The molecule has 0 unspecified atom stereocenters. The van der Waals surface area contributed by atoms with Gasteiger partial charge in [0.2, 0.25) is 5.91 Å². The molecule has 0 aromatic carbocycles. The van der Waals surface area contributed by atoms with E-state index in [9.17, 15) is 4.79 Å². The highest BCUT2D eigenvalue weighted by Gasteiger charge is 2.24. The predicted molar refractivity (Wildman–Crippen MR) is 90.1 cm³/mol. The van der Waals surface area contributed by atoms with Crippen LogP contribution in [0.25, 0.3) is 0 Å². The van der Waals surface area contributed by atoms with Crippen molar-refractivity contribution in [3.05, 3.63) is 18.7 Å². The van der Waals surface area contributed by atoms with Crippen LogP contribution in [-0.2, 0) is 11.3 Å². The molecule has 23 heavy (non-hydrogen) atoms. The first-order valence-corrected chi connectivity index (χ1v) is 8.85. The Morgan fingerprint density at radius 1 is 1.22 bits per heavy atom. The van der Waals surface area contributed by atoms with Gasteiger partial charge in [0.15, 0.2) is 0 Å². The molecule has 0 saturated carbocycles. The normalized spacial score (nSPS) is 24.0. The van der Waals surface area contributed by atoms with Crippen LogP contribution in [0.3, 0.4) is 0 Å². The summed E-state index contributed by atoms with van der Waals surface area (Å²) in [5.74, 6) is 0.893. The van der Waals surface area contributed by atoms with Gasteiger partial charge in [-0.2, -0.15) is 0 Å². The highest BCUT2D eigenvalue weighted by Crippen LogP contribution is 2.19. The summed E-state index contributed by atoms with van der Waals surface area (Å²) in [6.07, 6.45) is 8.70. The number of aromatic nitrogens is 2. The smallest absolute Gasteiger partial charge is 0.223 e. The number of likely N-dealkylation sites (N-methyl/N-ethyl adjacent to an activating group) is 1. The van der Waals surface area contributed by atoms with E-state index < -0.39 is 0 Å². The van der Waals surface area contributed by atoms with E-state index in [1.54, 1.807) is 0 Å². The second-order valence-corrected chi connectivity index (χ2v) is 7.00. The molecule has 0 N–H and O–H groups in total. The van der Waals surface area contributed by atoms with Crippen LogP contribution in [-0.4, -0.2) is 83.0 Å². The van der Waals surface area contributed by atoms with Crippen LogP contribution in [0, 0.1) is 5.92 Å². The van der Waals surface area contributed by atoms with Gasteiger partial charge < -0.3 is 19.3 Å². The SMILES string of the molecule is CN1CCN(CCC(=O)N2CCC[C@H](Cn3ccnc3)C2)CC1. The molecular weight excluding hydrogens is 290 g/mol. The topological polar surface area (TPSA) is 44.6 Å². The Kier molecular flexibility index (Phi) is 5.67. The molecule has 128 valence electrons. The Labute approximate surface area is 139 Å². The van der Waals surface area contributed by atoms with Crippen LogP contribution in [0.4, 0.5) is 0 Å². The van der Waals surface area contributed by atoms with E-state index >= 15 is 0 Å². The third-order valence-electron chi connectivity index (χ3n) is 5.14. The molecular formula is C17H29N5O. The minimum absolute atomic E-state index is 0.333. The van der Waals surface area contributed by atoms with Crippen LogP contribution in [0.5, 0.6) is 0 Å². The summed E-state index contributed by atoms with van der Waals surface area (Å²) in [5.41, 5.74) is 0. The van der Waals surface area contributed by atoms with E-state index in [2.05, 4.69) is 31.3 Å². The summed E-state index contributed by atoms with van der Waals surface area (Å²) in [4.78, 5) is 23.5. The zero-order chi connectivity index (χ0) is 16.1. The summed E-state index contributed by atoms with van der Waals surface area (Å²) in [6.45, 7) is 8.13. The number of nitrogens with zero attached hydrogens (tertiary/aromatic N) is 5. The quantitative estimate of drug-likeness (QED) is 0.804. The molecule has 2 fully saturated rings. The number of carbonyl (C=O) groups excluding carboxylic acids is 1. The number of imidazole rings is 1. The lowest BCUT2D eigenvalue weighted by Gasteiger charge is -2.35. The minimum Gasteiger partial charge on any atom is -0.342 e. The Morgan fingerprint density at radius 2 is 2.04 bits per heavy atom. The van der Waals surface area contributed by atoms with Crippen molar-refractivity contribution in [1.82, 2.24) is 24.3 Å². The van der Waals surface area contributed by atoms with Gasteiger partial charge in [-0.1, -0.05) is 0 Å². The van der Waals surface area contributed by atoms with E-state index in [0.29, 0.717) is 18.2 Å². The highest BCUT2D eigenvalue weighted by molar-refractivity contribution is 5.76. The maximum absolute atomic E-state index is 12.5. The molecule has 0 aliphatic carbocycles. The first kappa shape index (κ1) is 16.5. The number of piperazine rings is 1. The number of hydrogen-bond donors (Lipinski definition) is 0. The van der Waals surface area contributed by atoms with Crippen LogP contribution in [0.15, 0.2) is 18.7 Å². The number of hydrogen-bond acceptors (Lipinski definition) is 4. The Balaban J connectivity index is 1.41. The zero-order valence-electron chi connectivity index (χ0n) is 14.2. The van der Waals surface area contributed by atoms with Crippen molar-refractivity contribution in [2.75, 3.05) is 52.9 Å². The lowest BCUT2D eigenvalue weighted by atomic mass is 9.97. The number of amides is 1. The van der Waals surface area contributed by atoms with Crippen LogP contribution < -0.4 is 0 Å². The molecule has 0 bridgehead atoms. The molecule has 3 rings (SSSR count). The molecule has 3 heterocycles. The largest absolute Gasteiger partial charge is 0.342 e. The molecule has 1 amide bonds. The van der Waals surface area contributed by atoms with E-state index in [-0.39, 0.29) is 0 Å². The average molecular weight is 319 g/mol. The molecule has 0 spiro atoms. The molecule has 1 aromatic rings. The Morgan fingerprint density at radius 3 is 2.78 bits per heavy atom. The van der Waals surface area contributed by atoms with Gasteiger partial charge in [0.05, 0.1) is 6.33 Å². The molecule has 2 aliphatic rings. The summed E-state index contributed by atoms with van der Waals surface area (Å²) in [5, 5.41) is 0. The van der Waals surface area contributed by atoms with Crippen molar-refractivity contribution < 1.29 is 4.79 Å². The van der Waals surface area contributed by atoms with Gasteiger partial charge in [0, 0.05) is 71.2 Å². The van der Waals surface area contributed by atoms with Gasteiger partial charge in [0.1, 0.15) is 0 Å².